The molecule has 0 spiro atoms. The molecule has 2 heterocycles. The molecular formula is C16H22N2O6. The Bertz CT molecular complexity index is 598. The van der Waals surface area contributed by atoms with E-state index >= 15 is 0 Å². The summed E-state index contributed by atoms with van der Waals surface area (Å²) >= 11 is 0. The lowest BCUT2D eigenvalue weighted by Gasteiger charge is -2.36. The summed E-state index contributed by atoms with van der Waals surface area (Å²) in [6, 6.07) is 2.39. The van der Waals surface area contributed by atoms with E-state index in [0.29, 0.717) is 19.8 Å². The van der Waals surface area contributed by atoms with Crippen LogP contribution in [0.1, 0.15) is 31.1 Å². The molecule has 8 heteroatoms. The van der Waals surface area contributed by atoms with Gasteiger partial charge in [-0.2, -0.15) is 0 Å². The van der Waals surface area contributed by atoms with E-state index in [-0.39, 0.29) is 24.1 Å². The van der Waals surface area contributed by atoms with Crippen LogP contribution in [0.2, 0.25) is 0 Å². The number of rotatable bonds is 4. The van der Waals surface area contributed by atoms with Crippen molar-refractivity contribution in [2.24, 2.45) is 0 Å². The predicted molar refractivity (Wildman–Crippen MR) is 84.2 cm³/mol. The van der Waals surface area contributed by atoms with Crippen LogP contribution in [0.4, 0.5) is 4.79 Å². The van der Waals surface area contributed by atoms with Crippen molar-refractivity contribution in [2.45, 2.75) is 32.4 Å². The van der Waals surface area contributed by atoms with Crippen molar-refractivity contribution < 1.29 is 28.9 Å². The molecule has 0 radical (unpaired) electrons. The summed E-state index contributed by atoms with van der Waals surface area (Å²) in [7, 11) is 0. The van der Waals surface area contributed by atoms with Crippen molar-refractivity contribution in [1.82, 2.24) is 9.88 Å². The highest BCUT2D eigenvalue weighted by atomic mass is 16.6. The molecule has 1 aliphatic heterocycles. The summed E-state index contributed by atoms with van der Waals surface area (Å²) in [6.07, 6.45) is 0.938. The van der Waals surface area contributed by atoms with Gasteiger partial charge in [0.05, 0.1) is 24.8 Å². The third kappa shape index (κ3) is 5.09. The number of ether oxygens (including phenoxy) is 3. The van der Waals surface area contributed by atoms with Gasteiger partial charge in [-0.3, -0.25) is 4.90 Å². The molecule has 1 aliphatic rings. The fourth-order valence-electron chi connectivity index (χ4n) is 2.16. The van der Waals surface area contributed by atoms with Crippen LogP contribution >= 0.6 is 0 Å². The van der Waals surface area contributed by atoms with Gasteiger partial charge in [0.1, 0.15) is 12.2 Å². The van der Waals surface area contributed by atoms with Gasteiger partial charge in [-0.05, 0) is 26.8 Å². The smallest absolute Gasteiger partial charge is 0.410 e. The molecule has 132 valence electrons. The van der Waals surface area contributed by atoms with Crippen LogP contribution in [0.3, 0.4) is 0 Å². The average molecular weight is 338 g/mol. The normalized spacial score (nSPS) is 18.1. The zero-order chi connectivity index (χ0) is 17.7. The molecule has 8 nitrogen and oxygen atoms in total. The number of nitrogens with zero attached hydrogens (tertiary/aromatic N) is 2. The van der Waals surface area contributed by atoms with Crippen molar-refractivity contribution in [3.63, 3.8) is 0 Å². The van der Waals surface area contributed by atoms with E-state index in [4.69, 9.17) is 19.3 Å². The minimum absolute atomic E-state index is 0.0869. The molecule has 24 heavy (non-hydrogen) atoms. The Kier molecular flexibility index (Phi) is 5.61. The van der Waals surface area contributed by atoms with Gasteiger partial charge in [-0.15, -0.1) is 0 Å². The van der Waals surface area contributed by atoms with Crippen LogP contribution in [0.15, 0.2) is 18.3 Å². The number of carbonyl (C=O) groups is 2. The molecular weight excluding hydrogens is 316 g/mol. The van der Waals surface area contributed by atoms with E-state index in [2.05, 4.69) is 4.98 Å². The second-order valence-corrected chi connectivity index (χ2v) is 6.40. The van der Waals surface area contributed by atoms with Crippen LogP contribution in [0.5, 0.6) is 5.88 Å². The highest BCUT2D eigenvalue weighted by Crippen LogP contribution is 2.16. The quantitative estimate of drug-likeness (QED) is 0.893. The van der Waals surface area contributed by atoms with Crippen LogP contribution in [0.25, 0.3) is 0 Å². The fraction of sp³-hybridized carbons (Fsp3) is 0.562. The lowest BCUT2D eigenvalue weighted by atomic mass is 10.2. The number of hydrogen-bond donors (Lipinski definition) is 1. The van der Waals surface area contributed by atoms with E-state index < -0.39 is 17.7 Å². The van der Waals surface area contributed by atoms with Gasteiger partial charge in [0.25, 0.3) is 0 Å². The standard InChI is InChI=1S/C16H22N2O6/c1-16(2,3)24-15(21)18-6-7-22-9-12(18)10-23-13-8-11(14(19)20)4-5-17-13/h4-5,8,12H,6-7,9-10H2,1-3H3,(H,19,20). The number of carboxylic acids is 1. The van der Waals surface area contributed by atoms with E-state index in [1.807, 2.05) is 0 Å². The molecule has 1 atom stereocenters. The SMILES string of the molecule is CC(C)(C)OC(=O)N1CCOCC1COc1cc(C(=O)O)ccn1. The Hall–Kier alpha value is -2.35. The number of amides is 1. The van der Waals surface area contributed by atoms with E-state index in [0.717, 1.165) is 0 Å². The summed E-state index contributed by atoms with van der Waals surface area (Å²) in [6.45, 7) is 6.70. The lowest BCUT2D eigenvalue weighted by molar-refractivity contribution is -0.0421. The van der Waals surface area contributed by atoms with Crippen molar-refractivity contribution in [3.8, 4) is 5.88 Å². The van der Waals surface area contributed by atoms with Gasteiger partial charge in [0.2, 0.25) is 5.88 Å². The maximum Gasteiger partial charge on any atom is 0.410 e. The van der Waals surface area contributed by atoms with Gasteiger partial charge >= 0.3 is 12.1 Å². The molecule has 0 saturated carbocycles. The summed E-state index contributed by atoms with van der Waals surface area (Å²) in [5.41, 5.74) is -0.498. The number of hydrogen-bond acceptors (Lipinski definition) is 6. The predicted octanol–water partition coefficient (Wildman–Crippen LogP) is 1.79. The van der Waals surface area contributed by atoms with Crippen LogP contribution in [0, 0.1) is 0 Å². The molecule has 1 aromatic heterocycles. The Morgan fingerprint density at radius 2 is 2.21 bits per heavy atom. The average Bonchev–Trinajstić information content (AvgIpc) is 2.52. The van der Waals surface area contributed by atoms with E-state index in [1.165, 1.54) is 18.3 Å². The molecule has 1 fully saturated rings. The first kappa shape index (κ1) is 18.0. The summed E-state index contributed by atoms with van der Waals surface area (Å²) in [4.78, 5) is 28.8. The number of carboxylic acid groups (broad SMARTS) is 1. The van der Waals surface area contributed by atoms with Gasteiger partial charge < -0.3 is 19.3 Å². The third-order valence-electron chi connectivity index (χ3n) is 3.26. The molecule has 1 aromatic rings. The summed E-state index contributed by atoms with van der Waals surface area (Å²) in [5, 5.41) is 8.98. The van der Waals surface area contributed by atoms with Gasteiger partial charge in [0.15, 0.2) is 0 Å². The topological polar surface area (TPSA) is 98.2 Å². The van der Waals surface area contributed by atoms with Gasteiger partial charge in [-0.25, -0.2) is 14.6 Å². The number of carbonyl (C=O) groups excluding carboxylic acids is 1. The molecule has 0 aliphatic carbocycles. The lowest BCUT2D eigenvalue weighted by Crippen LogP contribution is -2.52. The van der Waals surface area contributed by atoms with E-state index in [9.17, 15) is 9.59 Å². The fourth-order valence-corrected chi connectivity index (χ4v) is 2.16. The highest BCUT2D eigenvalue weighted by molar-refractivity contribution is 5.87. The van der Waals surface area contributed by atoms with Crippen LogP contribution in [-0.4, -0.2) is 65.1 Å². The largest absolute Gasteiger partial charge is 0.478 e. The van der Waals surface area contributed by atoms with Gasteiger partial charge in [0, 0.05) is 18.8 Å². The molecule has 1 amide bonds. The molecule has 1 saturated heterocycles. The Balaban J connectivity index is 1.99. The van der Waals surface area contributed by atoms with Crippen LogP contribution < -0.4 is 4.74 Å². The van der Waals surface area contributed by atoms with Crippen molar-refractivity contribution in [1.29, 1.82) is 0 Å². The second-order valence-electron chi connectivity index (χ2n) is 6.40. The Morgan fingerprint density at radius 3 is 2.88 bits per heavy atom. The zero-order valence-corrected chi connectivity index (χ0v) is 14.0. The summed E-state index contributed by atoms with van der Waals surface area (Å²) in [5.74, 6) is -0.872. The summed E-state index contributed by atoms with van der Waals surface area (Å²) < 4.78 is 16.3. The van der Waals surface area contributed by atoms with E-state index in [1.54, 1.807) is 25.7 Å². The number of morpholine rings is 1. The Morgan fingerprint density at radius 1 is 1.46 bits per heavy atom. The monoisotopic (exact) mass is 338 g/mol. The molecule has 1 unspecified atom stereocenters. The number of aromatic carboxylic acids is 1. The first-order valence-electron chi connectivity index (χ1n) is 7.66. The molecule has 0 aromatic carbocycles. The third-order valence-corrected chi connectivity index (χ3v) is 3.26. The first-order valence-corrected chi connectivity index (χ1v) is 7.66. The highest BCUT2D eigenvalue weighted by Gasteiger charge is 2.31. The van der Waals surface area contributed by atoms with Crippen molar-refractivity contribution in [3.05, 3.63) is 23.9 Å². The minimum Gasteiger partial charge on any atom is -0.478 e. The maximum atomic E-state index is 12.3. The molecule has 0 bridgehead atoms. The Labute approximate surface area is 140 Å². The van der Waals surface area contributed by atoms with Crippen molar-refractivity contribution in [2.75, 3.05) is 26.4 Å². The molecule has 2 rings (SSSR count). The maximum absolute atomic E-state index is 12.3. The first-order chi connectivity index (χ1) is 11.3. The van der Waals surface area contributed by atoms with Crippen molar-refractivity contribution >= 4 is 12.1 Å². The number of aromatic nitrogens is 1. The number of pyridine rings is 1. The van der Waals surface area contributed by atoms with Crippen LogP contribution in [-0.2, 0) is 9.47 Å². The minimum atomic E-state index is -1.06. The zero-order valence-electron chi connectivity index (χ0n) is 14.0. The molecule has 1 N–H and O–H groups in total. The van der Waals surface area contributed by atoms with Gasteiger partial charge in [-0.1, -0.05) is 0 Å². The second kappa shape index (κ2) is 7.48.